The fourth-order valence-electron chi connectivity index (χ4n) is 1.71. The van der Waals surface area contributed by atoms with E-state index in [1.54, 1.807) is 0 Å². The van der Waals surface area contributed by atoms with Crippen molar-refractivity contribution in [3.63, 3.8) is 0 Å². The highest BCUT2D eigenvalue weighted by Crippen LogP contribution is 2.15. The van der Waals surface area contributed by atoms with E-state index >= 15 is 0 Å². The van der Waals surface area contributed by atoms with Gasteiger partial charge in [0.15, 0.2) is 0 Å². The summed E-state index contributed by atoms with van der Waals surface area (Å²) >= 11 is 0. The Balaban J connectivity index is 2.64. The summed E-state index contributed by atoms with van der Waals surface area (Å²) in [6, 6.07) is 8.47. The molecule has 13 heavy (non-hydrogen) atoms. The molecular formula is C11H14N2. The first-order chi connectivity index (χ1) is 6.20. The summed E-state index contributed by atoms with van der Waals surface area (Å²) in [7, 11) is 2.06. The van der Waals surface area contributed by atoms with E-state index in [0.29, 0.717) is 0 Å². The van der Waals surface area contributed by atoms with E-state index in [1.165, 1.54) is 17.2 Å². The summed E-state index contributed by atoms with van der Waals surface area (Å²) < 4.78 is 4.38. The Hall–Kier alpha value is -1.44. The van der Waals surface area contributed by atoms with Gasteiger partial charge in [0.2, 0.25) is 0 Å². The highest BCUT2D eigenvalue weighted by molar-refractivity contribution is 5.32. The average molecular weight is 174 g/mol. The first-order valence-corrected chi connectivity index (χ1v) is 4.47. The Morgan fingerprint density at radius 2 is 1.62 bits per heavy atom. The van der Waals surface area contributed by atoms with Crippen molar-refractivity contribution in [2.75, 3.05) is 0 Å². The predicted octanol–water partition coefficient (Wildman–Crippen LogP) is 2.43. The smallest absolute Gasteiger partial charge is 0.116 e. The second-order valence-corrected chi connectivity index (χ2v) is 3.43. The summed E-state index contributed by atoms with van der Waals surface area (Å²) in [6.45, 7) is 4.25. The highest BCUT2D eigenvalue weighted by atomic mass is 15.1. The third-order valence-corrected chi connectivity index (χ3v) is 2.42. The number of rotatable bonds is 1. The van der Waals surface area contributed by atoms with Gasteiger partial charge in [-0.1, -0.05) is 0 Å². The molecule has 0 amide bonds. The van der Waals surface area contributed by atoms with Crippen LogP contribution in [-0.4, -0.2) is 9.13 Å². The molecule has 0 N–H and O–H groups in total. The minimum atomic E-state index is 1.22. The van der Waals surface area contributed by atoms with E-state index in [1.807, 2.05) is 0 Å². The number of hydrogen-bond donors (Lipinski definition) is 0. The van der Waals surface area contributed by atoms with Crippen LogP contribution in [-0.2, 0) is 7.05 Å². The third-order valence-electron chi connectivity index (χ3n) is 2.42. The first-order valence-electron chi connectivity index (χ1n) is 4.47. The zero-order valence-electron chi connectivity index (χ0n) is 8.28. The molecule has 0 radical (unpaired) electrons. The number of aromatic nitrogens is 2. The maximum Gasteiger partial charge on any atom is 0.116 e. The lowest BCUT2D eigenvalue weighted by Crippen LogP contribution is -2.03. The zero-order chi connectivity index (χ0) is 9.42. The molecular weight excluding hydrogens is 160 g/mol. The van der Waals surface area contributed by atoms with Crippen molar-refractivity contribution >= 4 is 0 Å². The Morgan fingerprint density at radius 3 is 2.08 bits per heavy atom. The van der Waals surface area contributed by atoms with Crippen molar-refractivity contribution in [2.24, 2.45) is 7.05 Å². The second-order valence-electron chi connectivity index (χ2n) is 3.43. The van der Waals surface area contributed by atoms with Crippen LogP contribution in [0.4, 0.5) is 0 Å². The molecule has 0 saturated heterocycles. The minimum Gasteiger partial charge on any atom is -0.337 e. The molecule has 2 heteroatoms. The summed E-state index contributed by atoms with van der Waals surface area (Å²) in [5.41, 5.74) is 2.55. The molecule has 2 rings (SSSR count). The molecule has 0 aliphatic heterocycles. The van der Waals surface area contributed by atoms with Crippen molar-refractivity contribution < 1.29 is 0 Å². The molecule has 0 aliphatic rings. The first kappa shape index (κ1) is 8.17. The lowest BCUT2D eigenvalue weighted by molar-refractivity contribution is 0.816. The number of hydrogen-bond acceptors (Lipinski definition) is 0. The standard InChI is InChI=1S/C11H14N2/c1-9-6-7-10(2)13(9)11-5-4-8-12(11)3/h4-8H,1-3H3. The zero-order valence-corrected chi connectivity index (χ0v) is 8.28. The van der Waals surface area contributed by atoms with E-state index in [0.717, 1.165) is 0 Å². The average Bonchev–Trinajstić information content (AvgIpc) is 2.60. The molecule has 68 valence electrons. The molecule has 0 aromatic carbocycles. The normalized spacial score (nSPS) is 10.7. The largest absolute Gasteiger partial charge is 0.337 e. The quantitative estimate of drug-likeness (QED) is 0.628. The van der Waals surface area contributed by atoms with Crippen LogP contribution in [0, 0.1) is 13.8 Å². The van der Waals surface area contributed by atoms with Gasteiger partial charge in [-0.15, -0.1) is 0 Å². The fraction of sp³-hybridized carbons (Fsp3) is 0.273. The van der Waals surface area contributed by atoms with Crippen molar-refractivity contribution in [2.45, 2.75) is 13.8 Å². The Kier molecular flexibility index (Phi) is 1.76. The fourth-order valence-corrected chi connectivity index (χ4v) is 1.71. The summed E-state index contributed by atoms with van der Waals surface area (Å²) in [5, 5.41) is 0. The van der Waals surface area contributed by atoms with Crippen molar-refractivity contribution in [1.29, 1.82) is 0 Å². The van der Waals surface area contributed by atoms with Gasteiger partial charge in [0.1, 0.15) is 5.82 Å². The number of nitrogens with zero attached hydrogens (tertiary/aromatic N) is 2. The van der Waals surface area contributed by atoms with E-state index in [-0.39, 0.29) is 0 Å². The monoisotopic (exact) mass is 174 g/mol. The van der Waals surface area contributed by atoms with E-state index < -0.39 is 0 Å². The lowest BCUT2D eigenvalue weighted by Gasteiger charge is -2.09. The predicted molar refractivity (Wildman–Crippen MR) is 54.2 cm³/mol. The van der Waals surface area contributed by atoms with E-state index in [2.05, 4.69) is 60.5 Å². The van der Waals surface area contributed by atoms with Crippen molar-refractivity contribution in [3.05, 3.63) is 41.9 Å². The van der Waals surface area contributed by atoms with Gasteiger partial charge < -0.3 is 9.13 Å². The van der Waals surface area contributed by atoms with Crippen molar-refractivity contribution in [1.82, 2.24) is 9.13 Å². The van der Waals surface area contributed by atoms with Crippen LogP contribution < -0.4 is 0 Å². The Morgan fingerprint density at radius 1 is 1.00 bits per heavy atom. The molecule has 0 saturated carbocycles. The van der Waals surface area contributed by atoms with Gasteiger partial charge in [-0.25, -0.2) is 0 Å². The van der Waals surface area contributed by atoms with Gasteiger partial charge in [0, 0.05) is 24.6 Å². The van der Waals surface area contributed by atoms with Crippen molar-refractivity contribution in [3.8, 4) is 5.82 Å². The van der Waals surface area contributed by atoms with Crippen LogP contribution >= 0.6 is 0 Å². The van der Waals surface area contributed by atoms with Gasteiger partial charge in [-0.3, -0.25) is 0 Å². The summed E-state index contributed by atoms with van der Waals surface area (Å²) in [5.74, 6) is 1.22. The van der Waals surface area contributed by atoms with Crippen LogP contribution in [0.25, 0.3) is 5.82 Å². The Labute approximate surface area is 78.4 Å². The lowest BCUT2D eigenvalue weighted by atomic mass is 10.5. The molecule has 0 bridgehead atoms. The van der Waals surface area contributed by atoms with Crippen LogP contribution in [0.5, 0.6) is 0 Å². The minimum absolute atomic E-state index is 1.22. The van der Waals surface area contributed by atoms with Gasteiger partial charge in [0.25, 0.3) is 0 Å². The SMILES string of the molecule is Cc1ccc(C)n1-c1cccn1C. The molecule has 2 aromatic rings. The van der Waals surface area contributed by atoms with Crippen LogP contribution in [0.2, 0.25) is 0 Å². The number of aryl methyl sites for hydroxylation is 3. The molecule has 0 fully saturated rings. The van der Waals surface area contributed by atoms with E-state index in [9.17, 15) is 0 Å². The molecule has 2 nitrogen and oxygen atoms in total. The molecule has 2 heterocycles. The highest BCUT2D eigenvalue weighted by Gasteiger charge is 2.05. The van der Waals surface area contributed by atoms with Gasteiger partial charge in [0.05, 0.1) is 0 Å². The molecule has 0 spiro atoms. The van der Waals surface area contributed by atoms with Crippen LogP contribution in [0.1, 0.15) is 11.4 Å². The van der Waals surface area contributed by atoms with Gasteiger partial charge >= 0.3 is 0 Å². The van der Waals surface area contributed by atoms with Gasteiger partial charge in [-0.2, -0.15) is 0 Å². The molecule has 0 atom stereocenters. The summed E-state index contributed by atoms with van der Waals surface area (Å²) in [6.07, 6.45) is 2.06. The topological polar surface area (TPSA) is 9.86 Å². The maximum absolute atomic E-state index is 2.25. The third kappa shape index (κ3) is 1.18. The van der Waals surface area contributed by atoms with Crippen LogP contribution in [0.3, 0.4) is 0 Å². The maximum atomic E-state index is 2.25. The summed E-state index contributed by atoms with van der Waals surface area (Å²) in [4.78, 5) is 0. The molecule has 0 unspecified atom stereocenters. The molecule has 2 aromatic heterocycles. The van der Waals surface area contributed by atoms with E-state index in [4.69, 9.17) is 0 Å². The second kappa shape index (κ2) is 2.80. The molecule has 0 aliphatic carbocycles. The van der Waals surface area contributed by atoms with Crippen LogP contribution in [0.15, 0.2) is 30.5 Å². The Bertz CT molecular complexity index is 401. The van der Waals surface area contributed by atoms with Gasteiger partial charge in [-0.05, 0) is 38.1 Å².